The lowest BCUT2D eigenvalue weighted by Gasteiger charge is -2.00. The van der Waals surface area contributed by atoms with Crippen molar-refractivity contribution in [3.63, 3.8) is 0 Å². The number of carbonyl (C=O) groups is 1. The van der Waals surface area contributed by atoms with Gasteiger partial charge < -0.3 is 10.7 Å². The van der Waals surface area contributed by atoms with Gasteiger partial charge in [0.15, 0.2) is 0 Å². The maximum Gasteiger partial charge on any atom is 0.243 e. The molecular weight excluding hydrogens is 330 g/mol. The van der Waals surface area contributed by atoms with Gasteiger partial charge in [-0.15, -0.1) is 0 Å². The monoisotopic (exact) mass is 355 g/mol. The molecule has 0 aliphatic heterocycles. The average molecular weight is 355 g/mol. The van der Waals surface area contributed by atoms with Gasteiger partial charge in [0, 0.05) is 19.0 Å². The number of nitrogens with zero attached hydrogens (tertiary/aromatic N) is 2. The number of benzene rings is 1. The van der Waals surface area contributed by atoms with Crippen LogP contribution in [-0.2, 0) is 11.2 Å². The van der Waals surface area contributed by atoms with Crippen molar-refractivity contribution in [3.8, 4) is 0 Å². The zero-order valence-electron chi connectivity index (χ0n) is 14.7. The number of amides is 1. The number of rotatable bonds is 10. The highest BCUT2D eigenvalue weighted by Gasteiger charge is 2.06. The predicted octanol–water partition coefficient (Wildman–Crippen LogP) is 3.08. The van der Waals surface area contributed by atoms with E-state index in [4.69, 9.17) is 10.9 Å². The summed E-state index contributed by atoms with van der Waals surface area (Å²) in [6, 6.07) is 6.00. The second kappa shape index (κ2) is 10.1. The predicted molar refractivity (Wildman–Crippen MR) is 104 cm³/mol. The molecule has 0 saturated heterocycles. The fourth-order valence-corrected chi connectivity index (χ4v) is 2.71. The van der Waals surface area contributed by atoms with Crippen molar-refractivity contribution < 1.29 is 10.0 Å². The molecule has 0 aliphatic rings. The molecule has 5 N–H and O–H groups in total. The number of hydrogen-bond acceptors (Lipinski definition) is 4. The summed E-state index contributed by atoms with van der Waals surface area (Å²) in [5, 5.41) is 8.43. The largest absolute Gasteiger partial charge is 0.390 e. The Hall–Kier alpha value is -2.93. The Kier molecular flexibility index (Phi) is 7.57. The van der Waals surface area contributed by atoms with Crippen LogP contribution < -0.4 is 11.2 Å². The van der Waals surface area contributed by atoms with Crippen molar-refractivity contribution >= 4 is 28.9 Å². The topological polar surface area (TPSA) is 116 Å². The Morgan fingerprint density at radius 1 is 1.35 bits per heavy atom. The first-order valence-corrected chi connectivity index (χ1v) is 8.66. The van der Waals surface area contributed by atoms with E-state index in [1.54, 1.807) is 17.8 Å². The molecule has 1 heterocycles. The molecule has 26 heavy (non-hydrogen) atoms. The van der Waals surface area contributed by atoms with Crippen LogP contribution in [0.3, 0.4) is 0 Å². The lowest BCUT2D eigenvalue weighted by Crippen LogP contribution is -2.17. The van der Waals surface area contributed by atoms with Gasteiger partial charge in [-0.2, -0.15) is 0 Å². The molecule has 0 fully saturated rings. The molecule has 0 spiro atoms. The van der Waals surface area contributed by atoms with Crippen molar-refractivity contribution in [1.82, 2.24) is 15.4 Å². The first-order valence-electron chi connectivity index (χ1n) is 8.66. The Labute approximate surface area is 152 Å². The molecule has 0 aliphatic carbocycles. The number of aryl methyl sites for hydroxylation is 1. The van der Waals surface area contributed by atoms with Crippen molar-refractivity contribution in [2.45, 2.75) is 38.5 Å². The summed E-state index contributed by atoms with van der Waals surface area (Å²) in [6.45, 7) is 3.81. The fraction of sp³-hybridized carbons (Fsp3) is 0.316. The van der Waals surface area contributed by atoms with E-state index in [2.05, 4.69) is 21.5 Å². The fourth-order valence-electron chi connectivity index (χ4n) is 2.71. The quantitative estimate of drug-likeness (QED) is 0.131. The number of nitrogens with two attached hydrogens (primary N) is 1. The van der Waals surface area contributed by atoms with Crippen LogP contribution in [0.4, 0.5) is 0 Å². The summed E-state index contributed by atoms with van der Waals surface area (Å²) in [5.41, 5.74) is 10.7. The second-order valence-corrected chi connectivity index (χ2v) is 5.95. The Balaban J connectivity index is 1.92. The van der Waals surface area contributed by atoms with Gasteiger partial charge in [-0.05, 0) is 36.1 Å². The van der Waals surface area contributed by atoms with Crippen LogP contribution in [0.5, 0.6) is 0 Å². The Morgan fingerprint density at radius 3 is 2.88 bits per heavy atom. The normalized spacial score (nSPS) is 12.0. The SMILES string of the molecule is C=C/C(=C\N=C/N)c1ccc2[nH]c(CCCCCCC(=O)NO)nc2c1. The van der Waals surface area contributed by atoms with Crippen molar-refractivity contribution in [1.29, 1.82) is 0 Å². The summed E-state index contributed by atoms with van der Waals surface area (Å²) < 4.78 is 0. The average Bonchev–Trinajstić information content (AvgIpc) is 3.07. The highest BCUT2D eigenvalue weighted by Crippen LogP contribution is 2.21. The number of allylic oxidation sites excluding steroid dienone is 2. The molecule has 7 nitrogen and oxygen atoms in total. The van der Waals surface area contributed by atoms with Crippen molar-refractivity contribution in [2.75, 3.05) is 0 Å². The number of aromatic nitrogens is 2. The van der Waals surface area contributed by atoms with Gasteiger partial charge in [-0.25, -0.2) is 15.5 Å². The third kappa shape index (κ3) is 5.56. The standard InChI is InChI=1S/C19H25N5O2/c1-2-14(12-21-13-20)15-9-10-16-17(11-15)23-18(22-16)7-5-3-4-6-8-19(25)24-26/h2,9-13,26H,1,3-8H2,(H2,20,21)(H,22,23)(H,24,25)/b14-12+. The summed E-state index contributed by atoms with van der Waals surface area (Å²) in [6.07, 6.45) is 9.60. The van der Waals surface area contributed by atoms with Crippen LogP contribution in [0.25, 0.3) is 16.6 Å². The molecule has 0 bridgehead atoms. The minimum Gasteiger partial charge on any atom is -0.390 e. The number of aliphatic imine (C=N–C) groups is 1. The van der Waals surface area contributed by atoms with Crippen LogP contribution in [0.15, 0.2) is 42.0 Å². The van der Waals surface area contributed by atoms with Crippen LogP contribution in [0.2, 0.25) is 0 Å². The Morgan fingerprint density at radius 2 is 2.15 bits per heavy atom. The van der Waals surface area contributed by atoms with Crippen LogP contribution in [-0.4, -0.2) is 27.4 Å². The van der Waals surface area contributed by atoms with E-state index in [0.717, 1.165) is 60.1 Å². The summed E-state index contributed by atoms with van der Waals surface area (Å²) in [7, 11) is 0. The number of nitrogens with one attached hydrogen (secondary N) is 2. The van der Waals surface area contributed by atoms with Gasteiger partial charge in [-0.1, -0.05) is 31.6 Å². The molecule has 0 radical (unpaired) electrons. The minimum absolute atomic E-state index is 0.330. The number of unbranched alkanes of at least 4 members (excludes halogenated alkanes) is 3. The van der Waals surface area contributed by atoms with E-state index in [9.17, 15) is 4.79 Å². The van der Waals surface area contributed by atoms with E-state index in [-0.39, 0.29) is 5.91 Å². The first-order chi connectivity index (χ1) is 12.7. The maximum atomic E-state index is 10.9. The lowest BCUT2D eigenvalue weighted by atomic mass is 10.1. The van der Waals surface area contributed by atoms with Crippen molar-refractivity contribution in [3.05, 3.63) is 48.4 Å². The van der Waals surface area contributed by atoms with Gasteiger partial charge >= 0.3 is 0 Å². The number of imidazole rings is 1. The molecule has 2 aromatic rings. The van der Waals surface area contributed by atoms with Crippen LogP contribution >= 0.6 is 0 Å². The lowest BCUT2D eigenvalue weighted by molar-refractivity contribution is -0.129. The molecule has 1 amide bonds. The third-order valence-electron chi connectivity index (χ3n) is 4.08. The highest BCUT2D eigenvalue weighted by atomic mass is 16.5. The summed E-state index contributed by atoms with van der Waals surface area (Å²) in [5.74, 6) is 0.623. The maximum absolute atomic E-state index is 10.9. The number of fused-ring (bicyclic) bond motifs is 1. The molecule has 1 aromatic heterocycles. The highest BCUT2D eigenvalue weighted by molar-refractivity contribution is 5.83. The van der Waals surface area contributed by atoms with E-state index >= 15 is 0 Å². The van der Waals surface area contributed by atoms with E-state index in [1.165, 1.54) is 6.34 Å². The number of carbonyl (C=O) groups excluding carboxylic acids is 1. The molecule has 0 atom stereocenters. The van der Waals surface area contributed by atoms with Gasteiger partial charge in [0.25, 0.3) is 0 Å². The number of hydroxylamine groups is 1. The number of hydrogen-bond donors (Lipinski definition) is 4. The zero-order valence-corrected chi connectivity index (χ0v) is 14.7. The third-order valence-corrected chi connectivity index (χ3v) is 4.08. The molecule has 2 rings (SSSR count). The molecule has 138 valence electrons. The first kappa shape index (κ1) is 19.4. The van der Waals surface area contributed by atoms with Gasteiger partial charge in [-0.3, -0.25) is 10.0 Å². The van der Waals surface area contributed by atoms with Crippen molar-refractivity contribution in [2.24, 2.45) is 10.7 Å². The van der Waals surface area contributed by atoms with E-state index in [1.807, 2.05) is 18.2 Å². The molecular formula is C19H25N5O2. The Bertz CT molecular complexity index is 807. The van der Waals surface area contributed by atoms with Gasteiger partial charge in [0.05, 0.1) is 17.4 Å². The van der Waals surface area contributed by atoms with E-state index in [0.29, 0.717) is 6.42 Å². The molecule has 1 aromatic carbocycles. The number of aromatic amines is 1. The molecule has 0 saturated carbocycles. The van der Waals surface area contributed by atoms with E-state index < -0.39 is 0 Å². The van der Waals surface area contributed by atoms with Gasteiger partial charge in [0.1, 0.15) is 5.82 Å². The molecule has 0 unspecified atom stereocenters. The van der Waals surface area contributed by atoms with Gasteiger partial charge in [0.2, 0.25) is 5.91 Å². The summed E-state index contributed by atoms with van der Waals surface area (Å²) >= 11 is 0. The van der Waals surface area contributed by atoms with Crippen LogP contribution in [0.1, 0.15) is 43.5 Å². The zero-order chi connectivity index (χ0) is 18.8. The number of H-pyrrole nitrogens is 1. The molecule has 7 heteroatoms. The second-order valence-electron chi connectivity index (χ2n) is 5.95. The smallest absolute Gasteiger partial charge is 0.243 e. The van der Waals surface area contributed by atoms with Crippen LogP contribution in [0, 0.1) is 0 Å². The summed E-state index contributed by atoms with van der Waals surface area (Å²) in [4.78, 5) is 22.8. The minimum atomic E-state index is -0.330.